The Morgan fingerprint density at radius 1 is 1.10 bits per heavy atom. The second kappa shape index (κ2) is 10.4. The molecule has 0 amide bonds. The summed E-state index contributed by atoms with van der Waals surface area (Å²) in [7, 11) is 1.73. The zero-order chi connectivity index (χ0) is 20.9. The Balaban J connectivity index is 0.00000272. The summed E-state index contributed by atoms with van der Waals surface area (Å²) in [5.74, 6) is 1.16. The predicted molar refractivity (Wildman–Crippen MR) is 131 cm³/mol. The summed E-state index contributed by atoms with van der Waals surface area (Å²) in [6.07, 6.45) is 3.73. The summed E-state index contributed by atoms with van der Waals surface area (Å²) in [4.78, 5) is 4.30. The van der Waals surface area contributed by atoms with Gasteiger partial charge in [0.2, 0.25) is 0 Å². The second-order valence-corrected chi connectivity index (χ2v) is 7.04. The number of hydrogen-bond donors (Lipinski definition) is 2. The van der Waals surface area contributed by atoms with Crippen molar-refractivity contribution in [1.82, 2.24) is 20.4 Å². The van der Waals surface area contributed by atoms with E-state index in [0.29, 0.717) is 31.2 Å². The summed E-state index contributed by atoms with van der Waals surface area (Å²) in [6.45, 7) is 3.73. The summed E-state index contributed by atoms with van der Waals surface area (Å²) in [5.41, 5.74) is 3.98. The summed E-state index contributed by atoms with van der Waals surface area (Å²) >= 11 is 0. The Kier molecular flexibility index (Phi) is 7.67. The molecule has 0 saturated carbocycles. The molecule has 162 valence electrons. The van der Waals surface area contributed by atoms with Gasteiger partial charge in [0.05, 0.1) is 13.1 Å². The fraction of sp³-hybridized carbons (Fsp3) is 0.217. The monoisotopic (exact) mass is 533 g/mol. The Morgan fingerprint density at radius 2 is 1.87 bits per heavy atom. The molecule has 31 heavy (non-hydrogen) atoms. The Bertz CT molecular complexity index is 1170. The molecule has 4 rings (SSSR count). The maximum atomic E-state index is 13.5. The molecule has 0 saturated heterocycles. The number of nitrogens with zero attached hydrogens (tertiary/aromatic N) is 3. The number of nitrogens with one attached hydrogen (secondary N) is 2. The van der Waals surface area contributed by atoms with E-state index in [1.165, 1.54) is 23.3 Å². The number of fused-ring (bicyclic) bond motifs is 1. The van der Waals surface area contributed by atoms with Crippen LogP contribution < -0.4 is 10.6 Å². The molecule has 0 spiro atoms. The maximum absolute atomic E-state index is 13.5. The fourth-order valence-electron chi connectivity index (χ4n) is 3.43. The molecule has 0 bridgehead atoms. The Morgan fingerprint density at radius 3 is 2.61 bits per heavy atom. The molecular formula is C23H25FIN5O. The SMILES string of the molecule is CN=C(NCc1ccccc1Cn1cccn1)NCc1oc2ccc(F)cc2c1C.I. The normalized spacial score (nSPS) is 11.4. The van der Waals surface area contributed by atoms with Crippen LogP contribution in [0.5, 0.6) is 0 Å². The summed E-state index contributed by atoms with van der Waals surface area (Å²) in [6, 6.07) is 14.7. The number of guanidine groups is 1. The first-order valence-corrected chi connectivity index (χ1v) is 9.80. The maximum Gasteiger partial charge on any atom is 0.191 e. The topological polar surface area (TPSA) is 67.4 Å². The molecule has 0 aliphatic rings. The lowest BCUT2D eigenvalue weighted by Crippen LogP contribution is -2.36. The minimum absolute atomic E-state index is 0. The van der Waals surface area contributed by atoms with Gasteiger partial charge < -0.3 is 15.1 Å². The van der Waals surface area contributed by atoms with Crippen molar-refractivity contribution >= 4 is 40.9 Å². The number of aromatic nitrogens is 2. The van der Waals surface area contributed by atoms with Crippen molar-refractivity contribution in [3.63, 3.8) is 0 Å². The van der Waals surface area contributed by atoms with Gasteiger partial charge in [-0.15, -0.1) is 24.0 Å². The van der Waals surface area contributed by atoms with Crippen molar-refractivity contribution in [2.75, 3.05) is 7.05 Å². The number of rotatable bonds is 6. The fourth-order valence-corrected chi connectivity index (χ4v) is 3.43. The average Bonchev–Trinajstić information content (AvgIpc) is 3.37. The molecule has 8 heteroatoms. The number of halogens is 2. The molecule has 0 atom stereocenters. The van der Waals surface area contributed by atoms with Gasteiger partial charge in [0.15, 0.2) is 5.96 Å². The van der Waals surface area contributed by atoms with Gasteiger partial charge in [-0.25, -0.2) is 4.39 Å². The van der Waals surface area contributed by atoms with E-state index in [-0.39, 0.29) is 29.8 Å². The lowest BCUT2D eigenvalue weighted by molar-refractivity contribution is 0.534. The van der Waals surface area contributed by atoms with Crippen molar-refractivity contribution < 1.29 is 8.81 Å². The third-order valence-electron chi connectivity index (χ3n) is 5.09. The lowest BCUT2D eigenvalue weighted by atomic mass is 10.1. The third kappa shape index (κ3) is 5.43. The van der Waals surface area contributed by atoms with Crippen molar-refractivity contribution in [3.8, 4) is 0 Å². The van der Waals surface area contributed by atoms with Crippen LogP contribution in [0.25, 0.3) is 11.0 Å². The van der Waals surface area contributed by atoms with Gasteiger partial charge in [0.25, 0.3) is 0 Å². The summed E-state index contributed by atoms with van der Waals surface area (Å²) in [5, 5.41) is 11.7. The van der Waals surface area contributed by atoms with Crippen LogP contribution in [0.1, 0.15) is 22.5 Å². The van der Waals surface area contributed by atoms with Gasteiger partial charge in [-0.1, -0.05) is 24.3 Å². The zero-order valence-corrected chi connectivity index (χ0v) is 19.8. The van der Waals surface area contributed by atoms with Crippen LogP contribution in [0.3, 0.4) is 0 Å². The number of hydrogen-bond acceptors (Lipinski definition) is 3. The lowest BCUT2D eigenvalue weighted by Gasteiger charge is -2.14. The summed E-state index contributed by atoms with van der Waals surface area (Å²) < 4.78 is 21.3. The highest BCUT2D eigenvalue weighted by molar-refractivity contribution is 14.0. The van der Waals surface area contributed by atoms with E-state index in [1.54, 1.807) is 19.3 Å². The highest BCUT2D eigenvalue weighted by Crippen LogP contribution is 2.25. The molecule has 0 aliphatic heterocycles. The van der Waals surface area contributed by atoms with E-state index in [0.717, 1.165) is 16.7 Å². The molecule has 2 aromatic heterocycles. The second-order valence-electron chi connectivity index (χ2n) is 7.04. The van der Waals surface area contributed by atoms with Crippen LogP contribution in [0.15, 0.2) is 70.3 Å². The first kappa shape index (κ1) is 22.8. The molecule has 0 aliphatic carbocycles. The minimum Gasteiger partial charge on any atom is -0.459 e. The van der Waals surface area contributed by atoms with Crippen LogP contribution in [0.4, 0.5) is 4.39 Å². The number of aliphatic imine (C=N–C) groups is 1. The van der Waals surface area contributed by atoms with E-state index in [2.05, 4.69) is 32.9 Å². The number of furan rings is 1. The molecular weight excluding hydrogens is 508 g/mol. The van der Waals surface area contributed by atoms with Gasteiger partial charge in [-0.3, -0.25) is 9.67 Å². The molecule has 6 nitrogen and oxygen atoms in total. The highest BCUT2D eigenvalue weighted by Gasteiger charge is 2.12. The van der Waals surface area contributed by atoms with E-state index in [9.17, 15) is 4.39 Å². The van der Waals surface area contributed by atoms with Gasteiger partial charge in [-0.05, 0) is 42.3 Å². The average molecular weight is 533 g/mol. The van der Waals surface area contributed by atoms with Gasteiger partial charge in [0.1, 0.15) is 17.2 Å². The predicted octanol–water partition coefficient (Wildman–Crippen LogP) is 4.61. The minimum atomic E-state index is -0.267. The Labute approximate surface area is 197 Å². The number of aryl methyl sites for hydroxylation is 1. The van der Waals surface area contributed by atoms with Crippen molar-refractivity contribution in [2.24, 2.45) is 4.99 Å². The standard InChI is InChI=1S/C23H24FN5O.HI/c1-16-20-12-19(24)8-9-21(20)30-22(16)14-27-23(25-2)26-13-17-6-3-4-7-18(17)15-29-11-5-10-28-29;/h3-12H,13-15H2,1-2H3,(H2,25,26,27);1H. The molecule has 2 aromatic carbocycles. The molecule has 2 heterocycles. The van der Waals surface area contributed by atoms with Crippen LogP contribution >= 0.6 is 24.0 Å². The first-order valence-electron chi connectivity index (χ1n) is 9.80. The van der Waals surface area contributed by atoms with Gasteiger partial charge in [-0.2, -0.15) is 5.10 Å². The quantitative estimate of drug-likeness (QED) is 0.216. The van der Waals surface area contributed by atoms with Gasteiger partial charge >= 0.3 is 0 Å². The van der Waals surface area contributed by atoms with Crippen LogP contribution in [0.2, 0.25) is 0 Å². The molecule has 2 N–H and O–H groups in total. The molecule has 0 unspecified atom stereocenters. The van der Waals surface area contributed by atoms with E-state index < -0.39 is 0 Å². The van der Waals surface area contributed by atoms with Crippen LogP contribution in [0, 0.1) is 12.7 Å². The highest BCUT2D eigenvalue weighted by atomic mass is 127. The molecule has 4 aromatic rings. The first-order chi connectivity index (χ1) is 14.6. The zero-order valence-electron chi connectivity index (χ0n) is 17.4. The van der Waals surface area contributed by atoms with Crippen LogP contribution in [-0.2, 0) is 19.6 Å². The molecule has 0 radical (unpaired) electrons. The van der Waals surface area contributed by atoms with E-state index in [1.807, 2.05) is 36.0 Å². The van der Waals surface area contributed by atoms with E-state index in [4.69, 9.17) is 4.42 Å². The Hall–Kier alpha value is -2.88. The van der Waals surface area contributed by atoms with Crippen molar-refractivity contribution in [3.05, 3.63) is 89.2 Å². The van der Waals surface area contributed by atoms with E-state index >= 15 is 0 Å². The molecule has 0 fully saturated rings. The largest absolute Gasteiger partial charge is 0.459 e. The number of benzene rings is 2. The van der Waals surface area contributed by atoms with Crippen molar-refractivity contribution in [1.29, 1.82) is 0 Å². The van der Waals surface area contributed by atoms with Gasteiger partial charge in [0, 0.05) is 36.9 Å². The van der Waals surface area contributed by atoms with Crippen molar-refractivity contribution in [2.45, 2.75) is 26.6 Å². The smallest absolute Gasteiger partial charge is 0.191 e. The third-order valence-corrected chi connectivity index (χ3v) is 5.09. The van der Waals surface area contributed by atoms with Crippen LogP contribution in [-0.4, -0.2) is 22.8 Å².